The fraction of sp³-hybridized carbons (Fsp3) is 0.467. The minimum absolute atomic E-state index is 0.127. The van der Waals surface area contributed by atoms with Crippen LogP contribution in [-0.4, -0.2) is 52.4 Å². The van der Waals surface area contributed by atoms with Crippen molar-refractivity contribution in [3.63, 3.8) is 0 Å². The number of nitrogens with zero attached hydrogens (tertiary/aromatic N) is 3. The Morgan fingerprint density at radius 3 is 2.76 bits per heavy atom. The van der Waals surface area contributed by atoms with Gasteiger partial charge in [0.15, 0.2) is 6.61 Å². The Hall–Kier alpha value is -3.02. The first-order valence-electron chi connectivity index (χ1n) is 13.4. The van der Waals surface area contributed by atoms with Crippen LogP contribution in [0.4, 0.5) is 11.6 Å². The van der Waals surface area contributed by atoms with Crippen molar-refractivity contribution in [2.24, 2.45) is 11.8 Å². The number of allylic oxidation sites excluding steroid dienone is 4. The third-order valence-corrected chi connectivity index (χ3v) is 7.63. The fourth-order valence-electron chi connectivity index (χ4n) is 4.94. The minimum Gasteiger partial charge on any atom is -0.491 e. The van der Waals surface area contributed by atoms with Gasteiger partial charge in [-0.1, -0.05) is 37.8 Å². The maximum absolute atomic E-state index is 10.4. The van der Waals surface area contributed by atoms with E-state index in [-0.39, 0.29) is 13.2 Å². The molecule has 2 unspecified atom stereocenters. The summed E-state index contributed by atoms with van der Waals surface area (Å²) in [6.07, 6.45) is 19.7. The Labute approximate surface area is 234 Å². The summed E-state index contributed by atoms with van der Waals surface area (Å²) >= 11 is 3.35. The van der Waals surface area contributed by atoms with Gasteiger partial charge in [-0.3, -0.25) is 0 Å². The molecule has 4 rings (SSSR count). The molecule has 1 aliphatic carbocycles. The fourth-order valence-corrected chi connectivity index (χ4v) is 5.24. The maximum Gasteiger partial charge on any atom is 0.233 e. The van der Waals surface area contributed by atoms with Crippen molar-refractivity contribution in [1.29, 1.82) is 0 Å². The van der Waals surface area contributed by atoms with E-state index in [1.807, 2.05) is 24.3 Å². The highest BCUT2D eigenvalue weighted by Crippen LogP contribution is 2.30. The summed E-state index contributed by atoms with van der Waals surface area (Å²) in [5.74, 6) is 5.28. The van der Waals surface area contributed by atoms with Crippen molar-refractivity contribution in [2.45, 2.75) is 51.6 Å². The van der Waals surface area contributed by atoms with E-state index >= 15 is 0 Å². The number of piperidine rings is 1. The number of aliphatic hydroxyl groups excluding tert-OH is 1. The Morgan fingerprint density at radius 2 is 2.03 bits per heavy atom. The number of halogens is 1. The molecule has 1 aliphatic heterocycles. The predicted molar refractivity (Wildman–Crippen MR) is 154 cm³/mol. The lowest BCUT2D eigenvalue weighted by molar-refractivity contribution is 0.0947. The molecule has 0 saturated carbocycles. The second-order valence-electron chi connectivity index (χ2n) is 9.97. The van der Waals surface area contributed by atoms with Gasteiger partial charge in [0.1, 0.15) is 12.4 Å². The molecule has 1 saturated heterocycles. The molecule has 1 aromatic heterocycles. The van der Waals surface area contributed by atoms with Crippen LogP contribution < -0.4 is 14.8 Å². The molecule has 0 radical (unpaired) electrons. The van der Waals surface area contributed by atoms with Crippen molar-refractivity contribution in [1.82, 2.24) is 14.9 Å². The van der Waals surface area contributed by atoms with Crippen molar-refractivity contribution in [3.8, 4) is 24.0 Å². The molecule has 2 aliphatic rings. The van der Waals surface area contributed by atoms with E-state index in [0.717, 1.165) is 44.0 Å². The number of anilines is 2. The lowest BCUT2D eigenvalue weighted by Gasteiger charge is -2.38. The smallest absolute Gasteiger partial charge is 0.233 e. The molecular weight excluding hydrogens is 544 g/mol. The number of nitrogens with one attached hydrogen (secondary N) is 1. The number of terminal acetylenes is 1. The number of likely N-dealkylation sites (tertiary alicyclic amines) is 1. The second-order valence-corrected chi connectivity index (χ2v) is 10.8. The van der Waals surface area contributed by atoms with E-state index in [1.165, 1.54) is 25.0 Å². The van der Waals surface area contributed by atoms with Gasteiger partial charge in [0, 0.05) is 24.5 Å². The predicted octanol–water partition coefficient (Wildman–Crippen LogP) is 6.10. The van der Waals surface area contributed by atoms with Gasteiger partial charge in [-0.15, -0.1) is 6.42 Å². The zero-order valence-electron chi connectivity index (χ0n) is 22.0. The van der Waals surface area contributed by atoms with Crippen LogP contribution in [0.2, 0.25) is 0 Å². The van der Waals surface area contributed by atoms with Crippen molar-refractivity contribution >= 4 is 27.6 Å². The minimum atomic E-state index is -0.467. The van der Waals surface area contributed by atoms with Crippen LogP contribution in [0.15, 0.2) is 58.9 Å². The SMILES string of the molecule is C#CCOc1nc(Nc2ccc(OCC(O)CCCC3CCN(C4=CC=CCC4C)CC3)cc2)ncc1Br. The van der Waals surface area contributed by atoms with Gasteiger partial charge in [0.2, 0.25) is 11.8 Å². The summed E-state index contributed by atoms with van der Waals surface area (Å²) in [5.41, 5.74) is 2.31. The quantitative estimate of drug-likeness (QED) is 0.294. The van der Waals surface area contributed by atoms with Gasteiger partial charge < -0.3 is 24.8 Å². The topological polar surface area (TPSA) is 79.7 Å². The third-order valence-electron chi connectivity index (χ3n) is 7.08. The van der Waals surface area contributed by atoms with Crippen LogP contribution in [0.5, 0.6) is 11.6 Å². The van der Waals surface area contributed by atoms with E-state index in [1.54, 1.807) is 6.20 Å². The van der Waals surface area contributed by atoms with Crippen LogP contribution in [0, 0.1) is 24.2 Å². The summed E-state index contributed by atoms with van der Waals surface area (Å²) in [7, 11) is 0. The highest BCUT2D eigenvalue weighted by Gasteiger charge is 2.23. The van der Waals surface area contributed by atoms with E-state index in [2.05, 4.69) is 67.2 Å². The molecule has 8 heteroatoms. The summed E-state index contributed by atoms with van der Waals surface area (Å²) < 4.78 is 11.9. The van der Waals surface area contributed by atoms with Crippen LogP contribution >= 0.6 is 15.9 Å². The molecule has 1 fully saturated rings. The van der Waals surface area contributed by atoms with E-state index in [4.69, 9.17) is 15.9 Å². The Balaban J connectivity index is 1.13. The monoisotopic (exact) mass is 580 g/mol. The molecule has 1 aromatic carbocycles. The molecule has 202 valence electrons. The zero-order chi connectivity index (χ0) is 26.7. The molecule has 2 heterocycles. The number of rotatable bonds is 12. The number of benzene rings is 1. The van der Waals surface area contributed by atoms with Crippen LogP contribution in [0.3, 0.4) is 0 Å². The summed E-state index contributed by atoms with van der Waals surface area (Å²) in [6.45, 7) is 5.04. The van der Waals surface area contributed by atoms with E-state index in [0.29, 0.717) is 28.0 Å². The van der Waals surface area contributed by atoms with Gasteiger partial charge in [-0.05, 0) is 83.8 Å². The zero-order valence-corrected chi connectivity index (χ0v) is 23.6. The van der Waals surface area contributed by atoms with Crippen molar-refractivity contribution < 1.29 is 14.6 Å². The molecule has 2 atom stereocenters. The van der Waals surface area contributed by atoms with Crippen LogP contribution in [0.1, 0.15) is 45.4 Å². The maximum atomic E-state index is 10.4. The van der Waals surface area contributed by atoms with Crippen molar-refractivity contribution in [2.75, 3.05) is 31.6 Å². The molecule has 0 spiro atoms. The van der Waals surface area contributed by atoms with Gasteiger partial charge in [-0.2, -0.15) is 4.98 Å². The number of hydrogen-bond acceptors (Lipinski definition) is 7. The molecule has 2 aromatic rings. The normalized spacial score (nSPS) is 18.4. The lowest BCUT2D eigenvalue weighted by Crippen LogP contribution is -2.35. The van der Waals surface area contributed by atoms with Gasteiger partial charge >= 0.3 is 0 Å². The number of aromatic nitrogens is 2. The number of hydrogen-bond donors (Lipinski definition) is 2. The average molecular weight is 582 g/mol. The standard InChI is InChI=1S/C30H37BrN4O3/c1-3-19-37-29-27(31)20-32-30(34-29)33-24-11-13-26(14-12-24)38-21-25(36)9-6-8-23-15-17-35(18-16-23)28-10-5-4-7-22(28)2/h1,4-5,10-14,20,22-23,25,36H,6-9,15-19,21H2,2H3,(H,32,33,34). The van der Waals surface area contributed by atoms with Crippen LogP contribution in [0.25, 0.3) is 0 Å². The summed E-state index contributed by atoms with van der Waals surface area (Å²) in [4.78, 5) is 11.1. The van der Waals surface area contributed by atoms with E-state index < -0.39 is 6.10 Å². The van der Waals surface area contributed by atoms with Gasteiger partial charge in [-0.25, -0.2) is 4.98 Å². The molecule has 7 nitrogen and oxygen atoms in total. The highest BCUT2D eigenvalue weighted by molar-refractivity contribution is 9.10. The number of aliphatic hydroxyl groups is 1. The Kier molecular flexibility index (Phi) is 10.5. The summed E-state index contributed by atoms with van der Waals surface area (Å²) in [5, 5.41) is 13.6. The van der Waals surface area contributed by atoms with Gasteiger partial charge in [0.25, 0.3) is 0 Å². The lowest BCUT2D eigenvalue weighted by atomic mass is 9.89. The van der Waals surface area contributed by atoms with Gasteiger partial charge in [0.05, 0.1) is 16.8 Å². The molecule has 0 bridgehead atoms. The highest BCUT2D eigenvalue weighted by atomic mass is 79.9. The second kappa shape index (κ2) is 14.2. The molecule has 2 N–H and O–H groups in total. The summed E-state index contributed by atoms with van der Waals surface area (Å²) in [6, 6.07) is 7.47. The first kappa shape index (κ1) is 28.0. The first-order chi connectivity index (χ1) is 18.5. The van der Waals surface area contributed by atoms with E-state index in [9.17, 15) is 5.11 Å². The van der Waals surface area contributed by atoms with Crippen LogP contribution in [-0.2, 0) is 0 Å². The number of ether oxygens (including phenoxy) is 2. The molecular formula is C30H37BrN4O3. The molecule has 0 amide bonds. The Morgan fingerprint density at radius 1 is 1.24 bits per heavy atom. The first-order valence-corrected chi connectivity index (χ1v) is 14.2. The average Bonchev–Trinajstić information content (AvgIpc) is 2.94. The van der Waals surface area contributed by atoms with Crippen molar-refractivity contribution in [3.05, 3.63) is 58.9 Å². The third kappa shape index (κ3) is 8.24. The Bertz CT molecular complexity index is 1140. The molecule has 38 heavy (non-hydrogen) atoms. The largest absolute Gasteiger partial charge is 0.491 e.